The lowest BCUT2D eigenvalue weighted by molar-refractivity contribution is 0.0515. The minimum Gasteiger partial charge on any atom is -0.461 e. The molecule has 0 amide bonds. The third-order valence-corrected chi connectivity index (χ3v) is 4.54. The summed E-state index contributed by atoms with van der Waals surface area (Å²) >= 11 is 0. The maximum Gasteiger partial charge on any atom is 0.354 e. The average Bonchev–Trinajstić information content (AvgIpc) is 2.95. The molecule has 0 aliphatic heterocycles. The van der Waals surface area contributed by atoms with E-state index < -0.39 is 33.3 Å². The van der Waals surface area contributed by atoms with Crippen LogP contribution < -0.4 is 4.72 Å². The minimum atomic E-state index is -4.37. The van der Waals surface area contributed by atoms with Gasteiger partial charge >= 0.3 is 5.97 Å². The van der Waals surface area contributed by atoms with Crippen molar-refractivity contribution in [2.24, 2.45) is 7.05 Å². The fourth-order valence-electron chi connectivity index (χ4n) is 2.03. The van der Waals surface area contributed by atoms with Gasteiger partial charge in [-0.2, -0.15) is 5.26 Å². The molecule has 1 N–H and O–H groups in total. The SMILES string of the molecule is CCOC(=O)c1cc(S(=O)(=O)Nc2c(C#N)ccc(F)c2F)cn1C. The number of halogens is 2. The monoisotopic (exact) mass is 369 g/mol. The van der Waals surface area contributed by atoms with Crippen molar-refractivity contribution >= 4 is 21.7 Å². The lowest BCUT2D eigenvalue weighted by atomic mass is 10.2. The molecule has 0 radical (unpaired) electrons. The summed E-state index contributed by atoms with van der Waals surface area (Å²) in [7, 11) is -2.95. The van der Waals surface area contributed by atoms with Crippen LogP contribution in [0.15, 0.2) is 29.3 Å². The predicted octanol–water partition coefficient (Wildman–Crippen LogP) is 2.15. The van der Waals surface area contributed by atoms with Gasteiger partial charge in [-0.05, 0) is 25.1 Å². The summed E-state index contributed by atoms with van der Waals surface area (Å²) in [5.74, 6) is -3.54. The number of hydrogen-bond donors (Lipinski definition) is 1. The summed E-state index contributed by atoms with van der Waals surface area (Å²) in [6.45, 7) is 1.70. The number of hydrogen-bond acceptors (Lipinski definition) is 5. The first-order valence-corrected chi connectivity index (χ1v) is 8.44. The van der Waals surface area contributed by atoms with Crippen molar-refractivity contribution < 1.29 is 26.7 Å². The number of sulfonamides is 1. The van der Waals surface area contributed by atoms with Crippen LogP contribution in [0.2, 0.25) is 0 Å². The first kappa shape index (κ1) is 18.4. The van der Waals surface area contributed by atoms with E-state index in [4.69, 9.17) is 10.00 Å². The number of esters is 1. The summed E-state index contributed by atoms with van der Waals surface area (Å²) < 4.78 is 59.9. The number of benzene rings is 1. The normalized spacial score (nSPS) is 11.0. The summed E-state index contributed by atoms with van der Waals surface area (Å²) in [5, 5.41) is 8.94. The van der Waals surface area contributed by atoms with Crippen LogP contribution in [-0.2, 0) is 21.8 Å². The largest absolute Gasteiger partial charge is 0.461 e. The molecule has 0 aliphatic rings. The van der Waals surface area contributed by atoms with E-state index in [1.165, 1.54) is 11.6 Å². The summed E-state index contributed by atoms with van der Waals surface area (Å²) in [6.07, 6.45) is 1.11. The molecule has 10 heteroatoms. The number of nitrogens with one attached hydrogen (secondary N) is 1. The Bertz CT molecular complexity index is 977. The molecule has 0 spiro atoms. The van der Waals surface area contributed by atoms with E-state index in [0.717, 1.165) is 18.3 Å². The Kier molecular flexibility index (Phi) is 5.08. The van der Waals surface area contributed by atoms with Crippen LogP contribution in [0.1, 0.15) is 23.0 Å². The molecule has 25 heavy (non-hydrogen) atoms. The first-order valence-electron chi connectivity index (χ1n) is 6.95. The van der Waals surface area contributed by atoms with Crippen molar-refractivity contribution in [2.75, 3.05) is 11.3 Å². The van der Waals surface area contributed by atoms with Crippen molar-refractivity contribution in [3.63, 3.8) is 0 Å². The summed E-state index contributed by atoms with van der Waals surface area (Å²) in [5.41, 5.74) is -1.23. The molecular formula is C15H13F2N3O4S. The minimum absolute atomic E-state index is 0.0394. The summed E-state index contributed by atoms with van der Waals surface area (Å²) in [4.78, 5) is 11.4. The number of aryl methyl sites for hydroxylation is 1. The number of aromatic nitrogens is 1. The van der Waals surface area contributed by atoms with Gasteiger partial charge in [0.15, 0.2) is 11.6 Å². The quantitative estimate of drug-likeness (QED) is 0.814. The Hall–Kier alpha value is -2.93. The lowest BCUT2D eigenvalue weighted by Gasteiger charge is -2.09. The van der Waals surface area contributed by atoms with Crippen molar-refractivity contribution in [2.45, 2.75) is 11.8 Å². The van der Waals surface area contributed by atoms with E-state index in [9.17, 15) is 22.0 Å². The van der Waals surface area contributed by atoms with Gasteiger partial charge in [-0.25, -0.2) is 22.0 Å². The molecule has 1 aromatic heterocycles. The average molecular weight is 369 g/mol. The number of nitrogens with zero attached hydrogens (tertiary/aromatic N) is 2. The smallest absolute Gasteiger partial charge is 0.354 e. The zero-order valence-electron chi connectivity index (χ0n) is 13.2. The maximum absolute atomic E-state index is 13.9. The van der Waals surface area contributed by atoms with Crippen LogP contribution in [-0.4, -0.2) is 25.6 Å². The van der Waals surface area contributed by atoms with Crippen LogP contribution in [0.4, 0.5) is 14.5 Å². The second kappa shape index (κ2) is 6.90. The highest BCUT2D eigenvalue weighted by Crippen LogP contribution is 2.26. The van der Waals surface area contributed by atoms with Crippen LogP contribution in [0.3, 0.4) is 0 Å². The Balaban J connectivity index is 2.45. The Morgan fingerprint density at radius 3 is 2.68 bits per heavy atom. The van der Waals surface area contributed by atoms with Gasteiger partial charge in [0.1, 0.15) is 22.3 Å². The standard InChI is InChI=1S/C15H13F2N3O4S/c1-3-24-15(21)12-6-10(8-20(12)2)25(22,23)19-14-9(7-18)4-5-11(16)13(14)17/h4-6,8,19H,3H2,1-2H3. The fraction of sp³-hybridized carbons (Fsp3) is 0.200. The molecule has 132 valence electrons. The van der Waals surface area contributed by atoms with Crippen molar-refractivity contribution in [1.82, 2.24) is 4.57 Å². The topological polar surface area (TPSA) is 101 Å². The third-order valence-electron chi connectivity index (χ3n) is 3.23. The highest BCUT2D eigenvalue weighted by molar-refractivity contribution is 7.92. The van der Waals surface area contributed by atoms with Gasteiger partial charge in [0.2, 0.25) is 0 Å². The zero-order valence-corrected chi connectivity index (χ0v) is 14.0. The van der Waals surface area contributed by atoms with Gasteiger partial charge in [-0.15, -0.1) is 0 Å². The Morgan fingerprint density at radius 2 is 2.08 bits per heavy atom. The molecule has 0 saturated heterocycles. The van der Waals surface area contributed by atoms with Crippen LogP contribution in [0.5, 0.6) is 0 Å². The molecule has 0 unspecified atom stereocenters. The molecule has 7 nitrogen and oxygen atoms in total. The predicted molar refractivity (Wildman–Crippen MR) is 83.3 cm³/mol. The number of nitriles is 1. The van der Waals surface area contributed by atoms with Gasteiger partial charge in [0, 0.05) is 13.2 Å². The molecule has 0 aliphatic carbocycles. The third kappa shape index (κ3) is 3.61. The van der Waals surface area contributed by atoms with E-state index in [1.54, 1.807) is 13.0 Å². The van der Waals surface area contributed by atoms with Crippen LogP contribution in [0, 0.1) is 23.0 Å². The zero-order chi connectivity index (χ0) is 18.8. The van der Waals surface area contributed by atoms with Crippen molar-refractivity contribution in [3.8, 4) is 6.07 Å². The van der Waals surface area contributed by atoms with Crippen LogP contribution in [0.25, 0.3) is 0 Å². The molecule has 0 fully saturated rings. The molecule has 1 heterocycles. The molecule has 2 rings (SSSR count). The Labute approximate surface area is 142 Å². The summed E-state index contributed by atoms with van der Waals surface area (Å²) in [6, 6.07) is 4.27. The number of rotatable bonds is 5. The molecule has 1 aromatic carbocycles. The molecule has 0 bridgehead atoms. The first-order chi connectivity index (χ1) is 11.7. The van der Waals surface area contributed by atoms with Gasteiger partial charge in [0.25, 0.3) is 10.0 Å². The highest BCUT2D eigenvalue weighted by Gasteiger charge is 2.24. The van der Waals surface area contributed by atoms with E-state index in [-0.39, 0.29) is 22.8 Å². The number of carbonyl (C=O) groups excluding carboxylic acids is 1. The van der Waals surface area contributed by atoms with Gasteiger partial charge in [-0.3, -0.25) is 4.72 Å². The molecule has 0 saturated carbocycles. The number of ether oxygens (including phenoxy) is 1. The number of anilines is 1. The van der Waals surface area contributed by atoms with Crippen molar-refractivity contribution in [3.05, 3.63) is 47.3 Å². The lowest BCUT2D eigenvalue weighted by Crippen LogP contribution is -2.15. The van der Waals surface area contributed by atoms with E-state index in [1.807, 2.05) is 4.72 Å². The van der Waals surface area contributed by atoms with E-state index in [0.29, 0.717) is 6.07 Å². The van der Waals surface area contributed by atoms with Gasteiger partial charge in [0.05, 0.1) is 12.2 Å². The second-order valence-corrected chi connectivity index (χ2v) is 6.58. The van der Waals surface area contributed by atoms with Crippen molar-refractivity contribution in [1.29, 1.82) is 5.26 Å². The molecule has 0 atom stereocenters. The van der Waals surface area contributed by atoms with E-state index in [2.05, 4.69) is 0 Å². The van der Waals surface area contributed by atoms with E-state index >= 15 is 0 Å². The van der Waals surface area contributed by atoms with Crippen LogP contribution >= 0.6 is 0 Å². The fourth-order valence-corrected chi connectivity index (χ4v) is 3.18. The van der Waals surface area contributed by atoms with Gasteiger partial charge < -0.3 is 9.30 Å². The molecular weight excluding hydrogens is 356 g/mol. The van der Waals surface area contributed by atoms with Gasteiger partial charge in [-0.1, -0.05) is 0 Å². The highest BCUT2D eigenvalue weighted by atomic mass is 32.2. The Morgan fingerprint density at radius 1 is 1.40 bits per heavy atom. The maximum atomic E-state index is 13.9. The second-order valence-electron chi connectivity index (χ2n) is 4.89. The number of carbonyl (C=O) groups is 1. The molecule has 2 aromatic rings.